The molecule has 5 heteroatoms. The molecule has 112 valence electrons. The summed E-state index contributed by atoms with van der Waals surface area (Å²) < 4.78 is 7.33. The summed E-state index contributed by atoms with van der Waals surface area (Å²) in [6.07, 6.45) is 1.66. The van der Waals surface area contributed by atoms with Gasteiger partial charge < -0.3 is 10.5 Å². The molecule has 0 amide bonds. The van der Waals surface area contributed by atoms with Gasteiger partial charge in [0.2, 0.25) is 0 Å². The van der Waals surface area contributed by atoms with Gasteiger partial charge in [-0.25, -0.2) is 4.68 Å². The molecular weight excluding hydrogens is 266 g/mol. The van der Waals surface area contributed by atoms with Gasteiger partial charge >= 0.3 is 0 Å². The molecule has 5 nitrogen and oxygen atoms in total. The molecular formula is C16H21N3O2. The number of ether oxygens (including phenoxy) is 1. The highest BCUT2D eigenvalue weighted by atomic mass is 16.5. The second kappa shape index (κ2) is 6.43. The number of carbonyl (C=O) groups is 1. The van der Waals surface area contributed by atoms with Crippen molar-refractivity contribution in [3.8, 4) is 17.0 Å². The Kier molecular flexibility index (Phi) is 4.62. The quantitative estimate of drug-likeness (QED) is 0.829. The fraction of sp³-hybridized carbons (Fsp3) is 0.375. The van der Waals surface area contributed by atoms with Crippen molar-refractivity contribution in [2.24, 2.45) is 0 Å². The highest BCUT2D eigenvalue weighted by Gasteiger charge is 2.19. The molecule has 0 unspecified atom stereocenters. The predicted molar refractivity (Wildman–Crippen MR) is 83.7 cm³/mol. The number of aromatic nitrogens is 2. The third-order valence-corrected chi connectivity index (χ3v) is 3.27. The number of nitrogens with zero attached hydrogens (tertiary/aromatic N) is 2. The van der Waals surface area contributed by atoms with Crippen molar-refractivity contribution < 1.29 is 9.53 Å². The van der Waals surface area contributed by atoms with Crippen molar-refractivity contribution >= 4 is 12.1 Å². The van der Waals surface area contributed by atoms with Crippen molar-refractivity contribution in [3.63, 3.8) is 0 Å². The zero-order chi connectivity index (χ0) is 15.4. The van der Waals surface area contributed by atoms with E-state index in [0.29, 0.717) is 36.0 Å². The molecule has 0 spiro atoms. The number of anilines is 1. The normalized spacial score (nSPS) is 10.6. The smallest absolute Gasteiger partial charge is 0.156 e. The van der Waals surface area contributed by atoms with Crippen LogP contribution in [0, 0.1) is 6.92 Å². The van der Waals surface area contributed by atoms with E-state index in [1.54, 1.807) is 4.68 Å². The first-order chi connectivity index (χ1) is 10.1. The summed E-state index contributed by atoms with van der Waals surface area (Å²) in [6, 6.07) is 5.84. The number of benzene rings is 1. The van der Waals surface area contributed by atoms with Gasteiger partial charge in [-0.1, -0.05) is 18.6 Å². The van der Waals surface area contributed by atoms with E-state index in [9.17, 15) is 4.79 Å². The number of rotatable bonds is 6. The van der Waals surface area contributed by atoms with E-state index in [0.717, 1.165) is 23.8 Å². The minimum atomic E-state index is 0.408. The monoisotopic (exact) mass is 287 g/mol. The molecule has 21 heavy (non-hydrogen) atoms. The Labute approximate surface area is 124 Å². The van der Waals surface area contributed by atoms with Crippen LogP contribution in [-0.4, -0.2) is 22.7 Å². The zero-order valence-electron chi connectivity index (χ0n) is 12.7. The van der Waals surface area contributed by atoms with Crippen LogP contribution in [0.15, 0.2) is 18.2 Å². The van der Waals surface area contributed by atoms with Gasteiger partial charge in [0.15, 0.2) is 6.29 Å². The van der Waals surface area contributed by atoms with Crippen molar-refractivity contribution in [2.75, 3.05) is 12.3 Å². The van der Waals surface area contributed by atoms with Crippen molar-refractivity contribution in [1.29, 1.82) is 0 Å². The molecule has 0 aliphatic heterocycles. The van der Waals surface area contributed by atoms with Crippen LogP contribution in [0.3, 0.4) is 0 Å². The molecule has 2 N–H and O–H groups in total. The number of nitrogens with two attached hydrogens (primary N) is 1. The Morgan fingerprint density at radius 3 is 2.76 bits per heavy atom. The van der Waals surface area contributed by atoms with Crippen molar-refractivity contribution in [2.45, 2.75) is 33.7 Å². The minimum Gasteiger partial charge on any atom is -0.493 e. The molecule has 1 heterocycles. The number of aryl methyl sites for hydroxylation is 2. The summed E-state index contributed by atoms with van der Waals surface area (Å²) in [6.45, 7) is 7.19. The fourth-order valence-corrected chi connectivity index (χ4v) is 2.30. The van der Waals surface area contributed by atoms with Gasteiger partial charge in [0.05, 0.1) is 12.2 Å². The van der Waals surface area contributed by atoms with Gasteiger partial charge in [-0.05, 0) is 32.4 Å². The first-order valence-electron chi connectivity index (χ1n) is 7.17. The lowest BCUT2D eigenvalue weighted by atomic mass is 10.0. The maximum absolute atomic E-state index is 11.4. The van der Waals surface area contributed by atoms with Gasteiger partial charge in [-0.15, -0.1) is 0 Å². The highest BCUT2D eigenvalue weighted by Crippen LogP contribution is 2.34. The Hall–Kier alpha value is -2.30. The lowest BCUT2D eigenvalue weighted by Crippen LogP contribution is -2.04. The summed E-state index contributed by atoms with van der Waals surface area (Å²) in [5, 5.41) is 4.50. The topological polar surface area (TPSA) is 70.1 Å². The van der Waals surface area contributed by atoms with Crippen molar-refractivity contribution in [3.05, 3.63) is 29.3 Å². The first-order valence-corrected chi connectivity index (χ1v) is 7.17. The second-order valence-electron chi connectivity index (χ2n) is 4.92. The summed E-state index contributed by atoms with van der Waals surface area (Å²) in [7, 11) is 0. The van der Waals surface area contributed by atoms with Gasteiger partial charge in [0.25, 0.3) is 0 Å². The Balaban J connectivity index is 2.62. The SMILES string of the molecule is CCCn1nc(-c2cc(C)ccc2OCC)c(C=O)c1N. The molecule has 1 aromatic heterocycles. The number of aldehydes is 1. The molecule has 2 rings (SSSR count). The van der Waals surface area contributed by atoms with Crippen LogP contribution in [0.1, 0.15) is 36.2 Å². The molecule has 0 bridgehead atoms. The van der Waals surface area contributed by atoms with Crippen LogP contribution in [-0.2, 0) is 6.54 Å². The molecule has 1 aromatic carbocycles. The van der Waals surface area contributed by atoms with Crippen LogP contribution < -0.4 is 10.5 Å². The van der Waals surface area contributed by atoms with Gasteiger partial charge in [0.1, 0.15) is 17.3 Å². The molecule has 2 aromatic rings. The number of nitrogen functional groups attached to an aromatic ring is 1. The molecule has 0 fully saturated rings. The maximum atomic E-state index is 11.4. The van der Waals surface area contributed by atoms with Crippen LogP contribution >= 0.6 is 0 Å². The van der Waals surface area contributed by atoms with Crippen LogP contribution in [0.25, 0.3) is 11.3 Å². The van der Waals surface area contributed by atoms with E-state index in [1.807, 2.05) is 39.0 Å². The van der Waals surface area contributed by atoms with Crippen LogP contribution in [0.5, 0.6) is 5.75 Å². The predicted octanol–water partition coefficient (Wildman–Crippen LogP) is 3.06. The van der Waals surface area contributed by atoms with Gasteiger partial charge in [-0.3, -0.25) is 4.79 Å². The van der Waals surface area contributed by atoms with E-state index >= 15 is 0 Å². The van der Waals surface area contributed by atoms with Crippen molar-refractivity contribution in [1.82, 2.24) is 9.78 Å². The summed E-state index contributed by atoms with van der Waals surface area (Å²) in [5.41, 5.74) is 8.92. The summed E-state index contributed by atoms with van der Waals surface area (Å²) in [4.78, 5) is 11.4. The molecule has 0 saturated carbocycles. The lowest BCUT2D eigenvalue weighted by molar-refractivity contribution is 0.112. The lowest BCUT2D eigenvalue weighted by Gasteiger charge is -2.09. The van der Waals surface area contributed by atoms with Gasteiger partial charge in [-0.2, -0.15) is 5.10 Å². The fourth-order valence-electron chi connectivity index (χ4n) is 2.30. The first kappa shape index (κ1) is 15.1. The van der Waals surface area contributed by atoms with Gasteiger partial charge in [0, 0.05) is 12.1 Å². The standard InChI is InChI=1S/C16H21N3O2/c1-4-8-19-16(17)13(10-20)15(18-19)12-9-11(3)6-7-14(12)21-5-2/h6-7,9-10H,4-5,8,17H2,1-3H3. The highest BCUT2D eigenvalue weighted by molar-refractivity contribution is 5.92. The van der Waals surface area contributed by atoms with E-state index in [1.165, 1.54) is 0 Å². The summed E-state index contributed by atoms with van der Waals surface area (Å²) in [5.74, 6) is 1.12. The number of hydrogen-bond donors (Lipinski definition) is 1. The summed E-state index contributed by atoms with van der Waals surface area (Å²) >= 11 is 0. The van der Waals surface area contributed by atoms with E-state index in [-0.39, 0.29) is 0 Å². The minimum absolute atomic E-state index is 0.408. The molecule has 0 saturated heterocycles. The van der Waals surface area contributed by atoms with E-state index in [2.05, 4.69) is 5.10 Å². The third-order valence-electron chi connectivity index (χ3n) is 3.27. The number of carbonyl (C=O) groups excluding carboxylic acids is 1. The molecule has 0 aliphatic rings. The molecule has 0 atom stereocenters. The average molecular weight is 287 g/mol. The Morgan fingerprint density at radius 1 is 1.38 bits per heavy atom. The zero-order valence-corrected chi connectivity index (χ0v) is 12.7. The Bertz CT molecular complexity index is 647. The van der Waals surface area contributed by atoms with E-state index < -0.39 is 0 Å². The van der Waals surface area contributed by atoms with Crippen LogP contribution in [0.4, 0.5) is 5.82 Å². The number of hydrogen-bond acceptors (Lipinski definition) is 4. The maximum Gasteiger partial charge on any atom is 0.156 e. The molecule has 0 aliphatic carbocycles. The third kappa shape index (κ3) is 2.91. The largest absolute Gasteiger partial charge is 0.493 e. The van der Waals surface area contributed by atoms with E-state index in [4.69, 9.17) is 10.5 Å². The second-order valence-corrected chi connectivity index (χ2v) is 4.92. The molecule has 0 radical (unpaired) electrons. The van der Waals surface area contributed by atoms with Crippen LogP contribution in [0.2, 0.25) is 0 Å². The Morgan fingerprint density at radius 2 is 2.14 bits per heavy atom. The average Bonchev–Trinajstić information content (AvgIpc) is 2.78.